The van der Waals surface area contributed by atoms with Crippen molar-refractivity contribution in [2.75, 3.05) is 13.1 Å². The number of amides is 1. The van der Waals surface area contributed by atoms with E-state index in [9.17, 15) is 4.79 Å². The Morgan fingerprint density at radius 2 is 2.31 bits per heavy atom. The summed E-state index contributed by atoms with van der Waals surface area (Å²) in [6.07, 6.45) is 1.69. The van der Waals surface area contributed by atoms with Gasteiger partial charge in [-0.1, -0.05) is 6.07 Å². The predicted octanol–water partition coefficient (Wildman–Crippen LogP) is -0.158. The molecule has 2 N–H and O–H groups in total. The number of carbonyl (C=O) groups excluding carboxylic acids is 1. The van der Waals surface area contributed by atoms with E-state index in [0.29, 0.717) is 6.54 Å². The van der Waals surface area contributed by atoms with Crippen molar-refractivity contribution in [3.8, 4) is 0 Å². The van der Waals surface area contributed by atoms with Crippen LogP contribution in [-0.2, 0) is 4.79 Å². The second kappa shape index (κ2) is 3.53. The van der Waals surface area contributed by atoms with Crippen LogP contribution in [0.1, 0.15) is 11.7 Å². The summed E-state index contributed by atoms with van der Waals surface area (Å²) in [5.74, 6) is 0.00458. The van der Waals surface area contributed by atoms with Crippen LogP contribution in [0.15, 0.2) is 24.4 Å². The smallest absolute Gasteiger partial charge is 0.243 e. The molecule has 0 spiro atoms. The van der Waals surface area contributed by atoms with Crippen molar-refractivity contribution in [2.45, 2.75) is 6.04 Å². The molecule has 1 aromatic heterocycles. The minimum Gasteiger partial charge on any atom is -0.353 e. The lowest BCUT2D eigenvalue weighted by atomic mass is 10.1. The largest absolute Gasteiger partial charge is 0.353 e. The molecule has 13 heavy (non-hydrogen) atoms. The van der Waals surface area contributed by atoms with E-state index in [-0.39, 0.29) is 11.9 Å². The van der Waals surface area contributed by atoms with Gasteiger partial charge in [-0.2, -0.15) is 0 Å². The maximum atomic E-state index is 11.4. The summed E-state index contributed by atoms with van der Waals surface area (Å²) in [5, 5.41) is 5.90. The Hall–Kier alpha value is -1.42. The molecular formula is C9H11N3O. The molecular weight excluding hydrogens is 166 g/mol. The van der Waals surface area contributed by atoms with Gasteiger partial charge in [0.2, 0.25) is 5.91 Å². The first-order valence-electron chi connectivity index (χ1n) is 4.30. The zero-order valence-electron chi connectivity index (χ0n) is 7.16. The average Bonchev–Trinajstić information content (AvgIpc) is 2.20. The molecule has 4 nitrogen and oxygen atoms in total. The molecule has 1 aliphatic heterocycles. The number of carbonyl (C=O) groups is 1. The monoisotopic (exact) mass is 177 g/mol. The van der Waals surface area contributed by atoms with Gasteiger partial charge in [-0.25, -0.2) is 0 Å². The molecule has 1 saturated heterocycles. The molecule has 0 radical (unpaired) electrons. The quantitative estimate of drug-likeness (QED) is 0.627. The van der Waals surface area contributed by atoms with Crippen LogP contribution in [0.3, 0.4) is 0 Å². The Labute approximate surface area is 76.4 Å². The van der Waals surface area contributed by atoms with Crippen LogP contribution >= 0.6 is 0 Å². The second-order valence-electron chi connectivity index (χ2n) is 2.93. The molecule has 2 rings (SSSR count). The number of nitrogens with one attached hydrogen (secondary N) is 2. The third kappa shape index (κ3) is 1.67. The van der Waals surface area contributed by atoms with E-state index in [0.717, 1.165) is 12.2 Å². The van der Waals surface area contributed by atoms with Crippen molar-refractivity contribution in [2.24, 2.45) is 0 Å². The summed E-state index contributed by atoms with van der Waals surface area (Å²) in [7, 11) is 0. The van der Waals surface area contributed by atoms with Gasteiger partial charge < -0.3 is 5.32 Å². The van der Waals surface area contributed by atoms with E-state index in [1.807, 2.05) is 18.2 Å². The molecule has 0 aliphatic carbocycles. The van der Waals surface area contributed by atoms with Crippen molar-refractivity contribution in [1.29, 1.82) is 0 Å². The zero-order chi connectivity index (χ0) is 9.10. The van der Waals surface area contributed by atoms with E-state index in [4.69, 9.17) is 0 Å². The molecule has 68 valence electrons. The van der Waals surface area contributed by atoms with Gasteiger partial charge in [0, 0.05) is 19.3 Å². The Balaban J connectivity index is 2.20. The van der Waals surface area contributed by atoms with Gasteiger partial charge >= 0.3 is 0 Å². The lowest BCUT2D eigenvalue weighted by Crippen LogP contribution is -2.47. The summed E-state index contributed by atoms with van der Waals surface area (Å²) in [5.41, 5.74) is 0.778. The van der Waals surface area contributed by atoms with Gasteiger partial charge in [-0.15, -0.1) is 0 Å². The number of hydrogen-bond acceptors (Lipinski definition) is 3. The second-order valence-corrected chi connectivity index (χ2v) is 2.93. The molecule has 2 heterocycles. The van der Waals surface area contributed by atoms with E-state index >= 15 is 0 Å². The van der Waals surface area contributed by atoms with Crippen LogP contribution in [0.25, 0.3) is 0 Å². The molecule has 1 aromatic rings. The van der Waals surface area contributed by atoms with Crippen molar-refractivity contribution in [3.05, 3.63) is 30.1 Å². The van der Waals surface area contributed by atoms with E-state index in [2.05, 4.69) is 15.6 Å². The van der Waals surface area contributed by atoms with Gasteiger partial charge in [-0.05, 0) is 12.1 Å². The third-order valence-electron chi connectivity index (χ3n) is 2.02. The highest BCUT2D eigenvalue weighted by molar-refractivity contribution is 5.83. The molecule has 0 unspecified atom stereocenters. The number of pyridine rings is 1. The summed E-state index contributed by atoms with van der Waals surface area (Å²) in [6, 6.07) is 5.29. The van der Waals surface area contributed by atoms with Crippen molar-refractivity contribution >= 4 is 5.91 Å². The fourth-order valence-electron chi connectivity index (χ4n) is 1.38. The number of nitrogens with zero attached hydrogens (tertiary/aromatic N) is 1. The number of aromatic nitrogens is 1. The number of piperazine rings is 1. The Morgan fingerprint density at radius 3 is 3.00 bits per heavy atom. The molecule has 1 amide bonds. The maximum Gasteiger partial charge on any atom is 0.243 e. The molecule has 4 heteroatoms. The normalized spacial score (nSPS) is 22.5. The summed E-state index contributed by atoms with van der Waals surface area (Å²) < 4.78 is 0. The zero-order valence-corrected chi connectivity index (χ0v) is 7.16. The fourth-order valence-corrected chi connectivity index (χ4v) is 1.38. The van der Waals surface area contributed by atoms with Gasteiger partial charge in [0.15, 0.2) is 0 Å². The highest BCUT2D eigenvalue weighted by Gasteiger charge is 2.23. The van der Waals surface area contributed by atoms with Crippen molar-refractivity contribution < 1.29 is 4.79 Å². The first kappa shape index (κ1) is 8.19. The summed E-state index contributed by atoms with van der Waals surface area (Å²) in [4.78, 5) is 15.5. The van der Waals surface area contributed by atoms with Crippen molar-refractivity contribution in [1.82, 2.24) is 15.6 Å². The molecule has 1 aliphatic rings. The molecule has 0 saturated carbocycles. The van der Waals surface area contributed by atoms with Crippen LogP contribution in [-0.4, -0.2) is 24.0 Å². The first-order valence-corrected chi connectivity index (χ1v) is 4.30. The lowest BCUT2D eigenvalue weighted by Gasteiger charge is -2.22. The standard InChI is InChI=1S/C9H11N3O/c13-9-8(11-5-6-12-9)7-3-1-2-4-10-7/h1-4,8,11H,5-6H2,(H,12,13)/t8-/m1/s1. The minimum atomic E-state index is -0.282. The fraction of sp³-hybridized carbons (Fsp3) is 0.333. The Morgan fingerprint density at radius 1 is 1.38 bits per heavy atom. The highest BCUT2D eigenvalue weighted by Crippen LogP contribution is 2.10. The van der Waals surface area contributed by atoms with Gasteiger partial charge in [0.1, 0.15) is 6.04 Å². The van der Waals surface area contributed by atoms with E-state index < -0.39 is 0 Å². The van der Waals surface area contributed by atoms with Gasteiger partial charge in [0.25, 0.3) is 0 Å². The van der Waals surface area contributed by atoms with E-state index in [1.54, 1.807) is 6.20 Å². The highest BCUT2D eigenvalue weighted by atomic mass is 16.2. The van der Waals surface area contributed by atoms with Gasteiger partial charge in [-0.3, -0.25) is 15.1 Å². The molecule has 1 fully saturated rings. The van der Waals surface area contributed by atoms with Crippen molar-refractivity contribution in [3.63, 3.8) is 0 Å². The molecule has 1 atom stereocenters. The van der Waals surface area contributed by atoms with Crippen LogP contribution < -0.4 is 10.6 Å². The lowest BCUT2D eigenvalue weighted by molar-refractivity contribution is -0.124. The Kier molecular flexibility index (Phi) is 2.23. The number of rotatable bonds is 1. The van der Waals surface area contributed by atoms with Crippen LogP contribution in [0.4, 0.5) is 0 Å². The minimum absolute atomic E-state index is 0.00458. The van der Waals surface area contributed by atoms with Crippen LogP contribution in [0.2, 0.25) is 0 Å². The molecule has 0 aromatic carbocycles. The summed E-state index contributed by atoms with van der Waals surface area (Å²) in [6.45, 7) is 1.50. The first-order chi connectivity index (χ1) is 6.38. The van der Waals surface area contributed by atoms with Crippen LogP contribution in [0, 0.1) is 0 Å². The molecule has 0 bridgehead atoms. The summed E-state index contributed by atoms with van der Waals surface area (Å²) >= 11 is 0. The predicted molar refractivity (Wildman–Crippen MR) is 48.0 cm³/mol. The van der Waals surface area contributed by atoms with Gasteiger partial charge in [0.05, 0.1) is 5.69 Å². The third-order valence-corrected chi connectivity index (χ3v) is 2.02. The average molecular weight is 177 g/mol. The number of hydrogen-bond donors (Lipinski definition) is 2. The Bertz CT molecular complexity index is 299. The topological polar surface area (TPSA) is 54.0 Å². The van der Waals surface area contributed by atoms with E-state index in [1.165, 1.54) is 0 Å². The SMILES string of the molecule is O=C1NCCN[C@@H]1c1ccccn1. The van der Waals surface area contributed by atoms with Crippen LogP contribution in [0.5, 0.6) is 0 Å². The maximum absolute atomic E-state index is 11.4.